The zero-order valence-corrected chi connectivity index (χ0v) is 15.6. The summed E-state index contributed by atoms with van der Waals surface area (Å²) in [6.45, 7) is 6.13. The first-order valence-electron chi connectivity index (χ1n) is 8.20. The summed E-state index contributed by atoms with van der Waals surface area (Å²) >= 11 is 0. The van der Waals surface area contributed by atoms with Crippen molar-refractivity contribution in [2.75, 3.05) is 6.54 Å². The number of aryl methyl sites for hydroxylation is 1. The molecule has 0 atom stereocenters. The number of carbonyl (C=O) groups excluding carboxylic acids is 1. The Kier molecular flexibility index (Phi) is 6.33. The summed E-state index contributed by atoms with van der Waals surface area (Å²) in [5.41, 5.74) is 3.14. The Hall–Kier alpha value is -2.18. The van der Waals surface area contributed by atoms with E-state index in [0.717, 1.165) is 16.7 Å². The summed E-state index contributed by atoms with van der Waals surface area (Å²) in [4.78, 5) is 12.1. The molecular formula is C19H24N2O3S. The molecule has 2 N–H and O–H groups in total. The molecule has 0 aliphatic heterocycles. The predicted octanol–water partition coefficient (Wildman–Crippen LogP) is 2.71. The van der Waals surface area contributed by atoms with Crippen LogP contribution in [-0.4, -0.2) is 20.9 Å². The van der Waals surface area contributed by atoms with Crippen LogP contribution in [0.1, 0.15) is 36.5 Å². The van der Waals surface area contributed by atoms with E-state index in [4.69, 9.17) is 0 Å². The normalized spacial score (nSPS) is 11.5. The SMILES string of the molecule is Cc1ccccc1CNC(=O)CNS(=O)(=O)c1ccc(C(C)C)cc1. The maximum atomic E-state index is 12.3. The molecule has 0 aromatic heterocycles. The Morgan fingerprint density at radius 3 is 2.28 bits per heavy atom. The van der Waals surface area contributed by atoms with Gasteiger partial charge in [-0.05, 0) is 41.7 Å². The van der Waals surface area contributed by atoms with Gasteiger partial charge in [0.1, 0.15) is 0 Å². The Bertz CT molecular complexity index is 828. The minimum Gasteiger partial charge on any atom is -0.351 e. The van der Waals surface area contributed by atoms with Crippen LogP contribution in [0.5, 0.6) is 0 Å². The number of carbonyl (C=O) groups is 1. The topological polar surface area (TPSA) is 75.3 Å². The van der Waals surface area contributed by atoms with E-state index in [1.54, 1.807) is 24.3 Å². The molecule has 0 aliphatic carbocycles. The van der Waals surface area contributed by atoms with Crippen molar-refractivity contribution in [1.82, 2.24) is 10.0 Å². The maximum absolute atomic E-state index is 12.3. The fraction of sp³-hybridized carbons (Fsp3) is 0.316. The van der Waals surface area contributed by atoms with Crippen LogP contribution in [0.2, 0.25) is 0 Å². The highest BCUT2D eigenvalue weighted by atomic mass is 32.2. The van der Waals surface area contributed by atoms with Gasteiger partial charge in [-0.15, -0.1) is 0 Å². The molecule has 25 heavy (non-hydrogen) atoms. The lowest BCUT2D eigenvalue weighted by Crippen LogP contribution is -2.36. The van der Waals surface area contributed by atoms with E-state index in [9.17, 15) is 13.2 Å². The molecule has 0 bridgehead atoms. The molecule has 0 saturated heterocycles. The predicted molar refractivity (Wildman–Crippen MR) is 98.7 cm³/mol. The van der Waals surface area contributed by atoms with Crippen molar-refractivity contribution in [2.24, 2.45) is 0 Å². The first-order valence-corrected chi connectivity index (χ1v) is 9.69. The number of amides is 1. The van der Waals surface area contributed by atoms with Gasteiger partial charge in [0, 0.05) is 6.54 Å². The molecule has 0 saturated carbocycles. The Balaban J connectivity index is 1.90. The van der Waals surface area contributed by atoms with Crippen LogP contribution in [0, 0.1) is 6.92 Å². The minimum atomic E-state index is -3.70. The van der Waals surface area contributed by atoms with Crippen LogP contribution < -0.4 is 10.0 Å². The lowest BCUT2D eigenvalue weighted by molar-refractivity contribution is -0.120. The molecule has 0 fully saturated rings. The van der Waals surface area contributed by atoms with E-state index in [2.05, 4.69) is 10.0 Å². The maximum Gasteiger partial charge on any atom is 0.241 e. The summed E-state index contributed by atoms with van der Waals surface area (Å²) in [5, 5.41) is 2.72. The molecule has 2 rings (SSSR count). The Morgan fingerprint density at radius 2 is 1.68 bits per heavy atom. The molecule has 0 spiro atoms. The average Bonchev–Trinajstić information content (AvgIpc) is 2.59. The van der Waals surface area contributed by atoms with Crippen LogP contribution in [-0.2, 0) is 21.4 Å². The van der Waals surface area contributed by atoms with Crippen LogP contribution >= 0.6 is 0 Å². The molecule has 0 heterocycles. The van der Waals surface area contributed by atoms with Gasteiger partial charge in [0.25, 0.3) is 0 Å². The number of benzene rings is 2. The molecule has 0 unspecified atom stereocenters. The third-order valence-electron chi connectivity index (χ3n) is 4.02. The van der Waals surface area contributed by atoms with E-state index in [1.807, 2.05) is 45.0 Å². The average molecular weight is 360 g/mol. The number of sulfonamides is 1. The van der Waals surface area contributed by atoms with Crippen molar-refractivity contribution in [3.05, 3.63) is 65.2 Å². The first-order chi connectivity index (χ1) is 11.8. The molecule has 6 heteroatoms. The zero-order chi connectivity index (χ0) is 18.4. The van der Waals surface area contributed by atoms with Gasteiger partial charge in [0.05, 0.1) is 11.4 Å². The molecule has 0 radical (unpaired) electrons. The molecule has 5 nitrogen and oxygen atoms in total. The van der Waals surface area contributed by atoms with E-state index >= 15 is 0 Å². The van der Waals surface area contributed by atoms with Gasteiger partial charge >= 0.3 is 0 Å². The quantitative estimate of drug-likeness (QED) is 0.797. The van der Waals surface area contributed by atoms with Gasteiger partial charge < -0.3 is 5.32 Å². The second-order valence-electron chi connectivity index (χ2n) is 6.25. The van der Waals surface area contributed by atoms with E-state index in [-0.39, 0.29) is 17.3 Å². The lowest BCUT2D eigenvalue weighted by Gasteiger charge is -2.10. The fourth-order valence-corrected chi connectivity index (χ4v) is 3.32. The van der Waals surface area contributed by atoms with Crippen LogP contribution in [0.25, 0.3) is 0 Å². The number of nitrogens with one attached hydrogen (secondary N) is 2. The van der Waals surface area contributed by atoms with Gasteiger partial charge in [-0.25, -0.2) is 13.1 Å². The summed E-state index contributed by atoms with van der Waals surface area (Å²) in [7, 11) is -3.70. The highest BCUT2D eigenvalue weighted by molar-refractivity contribution is 7.89. The lowest BCUT2D eigenvalue weighted by atomic mass is 10.0. The standard InChI is InChI=1S/C19H24N2O3S/c1-14(2)16-8-10-18(11-9-16)25(23,24)21-13-19(22)20-12-17-7-5-4-6-15(17)3/h4-11,14,21H,12-13H2,1-3H3,(H,20,22). The third kappa shape index (κ3) is 5.41. The third-order valence-corrected chi connectivity index (χ3v) is 5.43. The zero-order valence-electron chi connectivity index (χ0n) is 14.7. The largest absolute Gasteiger partial charge is 0.351 e. The molecule has 1 amide bonds. The van der Waals surface area contributed by atoms with Gasteiger partial charge in [-0.1, -0.05) is 50.2 Å². The van der Waals surface area contributed by atoms with Crippen molar-refractivity contribution in [3.8, 4) is 0 Å². The van der Waals surface area contributed by atoms with Gasteiger partial charge in [-0.3, -0.25) is 4.79 Å². The number of hydrogen-bond donors (Lipinski definition) is 2. The van der Waals surface area contributed by atoms with Crippen LogP contribution in [0.4, 0.5) is 0 Å². The van der Waals surface area contributed by atoms with Crippen molar-refractivity contribution in [1.29, 1.82) is 0 Å². The smallest absolute Gasteiger partial charge is 0.241 e. The second kappa shape index (κ2) is 8.27. The summed E-state index contributed by atoms with van der Waals surface area (Å²) < 4.78 is 26.8. The highest BCUT2D eigenvalue weighted by Crippen LogP contribution is 2.17. The first kappa shape index (κ1) is 19.1. The Morgan fingerprint density at radius 1 is 1.04 bits per heavy atom. The number of rotatable bonds is 7. The highest BCUT2D eigenvalue weighted by Gasteiger charge is 2.15. The minimum absolute atomic E-state index is 0.156. The molecule has 2 aromatic carbocycles. The van der Waals surface area contributed by atoms with Crippen LogP contribution in [0.3, 0.4) is 0 Å². The fourth-order valence-electron chi connectivity index (χ4n) is 2.34. The van der Waals surface area contributed by atoms with E-state index in [1.165, 1.54) is 0 Å². The summed E-state index contributed by atoms with van der Waals surface area (Å²) in [6, 6.07) is 14.4. The van der Waals surface area contributed by atoms with Gasteiger partial charge in [0.15, 0.2) is 0 Å². The van der Waals surface area contributed by atoms with Crippen molar-refractivity contribution >= 4 is 15.9 Å². The van der Waals surface area contributed by atoms with Crippen LogP contribution in [0.15, 0.2) is 53.4 Å². The molecular weight excluding hydrogens is 336 g/mol. The molecule has 0 aliphatic rings. The molecule has 2 aromatic rings. The van der Waals surface area contributed by atoms with Gasteiger partial charge in [-0.2, -0.15) is 0 Å². The van der Waals surface area contributed by atoms with E-state index < -0.39 is 10.0 Å². The van der Waals surface area contributed by atoms with Crippen molar-refractivity contribution in [2.45, 2.75) is 38.1 Å². The summed E-state index contributed by atoms with van der Waals surface area (Å²) in [5.74, 6) is -0.0393. The monoisotopic (exact) mass is 360 g/mol. The second-order valence-corrected chi connectivity index (χ2v) is 8.02. The Labute approximate surface area is 149 Å². The molecule has 134 valence electrons. The van der Waals surface area contributed by atoms with Crippen molar-refractivity contribution < 1.29 is 13.2 Å². The van der Waals surface area contributed by atoms with E-state index in [0.29, 0.717) is 12.5 Å². The number of hydrogen-bond acceptors (Lipinski definition) is 3. The summed E-state index contributed by atoms with van der Waals surface area (Å²) in [6.07, 6.45) is 0. The van der Waals surface area contributed by atoms with Crippen molar-refractivity contribution in [3.63, 3.8) is 0 Å². The van der Waals surface area contributed by atoms with Gasteiger partial charge in [0.2, 0.25) is 15.9 Å².